The van der Waals surface area contributed by atoms with Crippen LogP contribution in [0.5, 0.6) is 0 Å². The topological polar surface area (TPSA) is 105 Å². The maximum Gasteiger partial charge on any atom is 0.340 e. The van der Waals surface area contributed by atoms with Crippen molar-refractivity contribution in [1.29, 1.82) is 0 Å². The number of esters is 1. The minimum absolute atomic E-state index is 0.128. The molecule has 1 aromatic carbocycles. The van der Waals surface area contributed by atoms with Crippen molar-refractivity contribution in [2.45, 2.75) is 17.9 Å². The molecule has 10 heteroatoms. The number of rotatable bonds is 5. The highest BCUT2D eigenvalue weighted by Gasteiger charge is 2.27. The molecule has 2 heterocycles. The van der Waals surface area contributed by atoms with Gasteiger partial charge in [0.25, 0.3) is 15.9 Å². The first-order chi connectivity index (χ1) is 13.3. The summed E-state index contributed by atoms with van der Waals surface area (Å²) in [5.41, 5.74) is 0.859. The van der Waals surface area contributed by atoms with Gasteiger partial charge in [-0.1, -0.05) is 12.1 Å². The van der Waals surface area contributed by atoms with Crippen molar-refractivity contribution in [1.82, 2.24) is 4.90 Å². The third-order valence-corrected chi connectivity index (χ3v) is 6.04. The summed E-state index contributed by atoms with van der Waals surface area (Å²) >= 11 is 1.50. The molecule has 0 fully saturated rings. The van der Waals surface area contributed by atoms with Crippen molar-refractivity contribution >= 4 is 45.2 Å². The van der Waals surface area contributed by atoms with Gasteiger partial charge in [0.15, 0.2) is 6.10 Å². The summed E-state index contributed by atoms with van der Waals surface area (Å²) in [7, 11) is -3.46. The zero-order chi connectivity index (χ0) is 20.3. The van der Waals surface area contributed by atoms with E-state index < -0.39 is 28.0 Å². The van der Waals surface area contributed by atoms with E-state index in [9.17, 15) is 18.0 Å². The molecule has 1 atom stereocenters. The van der Waals surface area contributed by atoms with Gasteiger partial charge in [-0.2, -0.15) is 0 Å². The second-order valence-electron chi connectivity index (χ2n) is 6.08. The van der Waals surface area contributed by atoms with Gasteiger partial charge in [0.1, 0.15) is 5.84 Å². The Hall–Kier alpha value is -2.59. The van der Waals surface area contributed by atoms with Crippen LogP contribution in [0, 0.1) is 0 Å². The monoisotopic (exact) mass is 421 g/mol. The molecular formula is C18H19N3O5S2. The Balaban J connectivity index is 1.64. The van der Waals surface area contributed by atoms with Crippen LogP contribution in [0.1, 0.15) is 6.92 Å². The summed E-state index contributed by atoms with van der Waals surface area (Å²) in [5.74, 6) is -0.995. The Labute approximate surface area is 167 Å². The average Bonchev–Trinajstić information content (AvgIpc) is 2.67. The van der Waals surface area contributed by atoms with E-state index in [0.29, 0.717) is 5.69 Å². The molecule has 2 aliphatic heterocycles. The predicted molar refractivity (Wildman–Crippen MR) is 108 cm³/mol. The second kappa shape index (κ2) is 8.19. The van der Waals surface area contributed by atoms with Gasteiger partial charge in [0.2, 0.25) is 0 Å². The fourth-order valence-electron chi connectivity index (χ4n) is 2.59. The highest BCUT2D eigenvalue weighted by Crippen LogP contribution is 2.25. The van der Waals surface area contributed by atoms with E-state index in [1.807, 2.05) is 24.5 Å². The van der Waals surface area contributed by atoms with Crippen LogP contribution < -0.4 is 5.32 Å². The lowest BCUT2D eigenvalue weighted by molar-refractivity contribution is -0.149. The number of ether oxygens (including phenoxy) is 1. The standard InChI is InChI=1S/C18H19N3O5S2/c1-12(17(22)19-14-5-3-4-6-15(14)27-2)26-18(23)13-7-8-16-20-28(24,25)10-9-21(16)11-13/h3-8,11-12H,9-10H2,1-2H3,(H,19,22)/t12-/m1/s1. The molecule has 28 heavy (non-hydrogen) atoms. The summed E-state index contributed by atoms with van der Waals surface area (Å²) in [5, 5.41) is 2.75. The highest BCUT2D eigenvalue weighted by molar-refractivity contribution is 7.98. The summed E-state index contributed by atoms with van der Waals surface area (Å²) in [6.07, 6.45) is 5.23. The van der Waals surface area contributed by atoms with E-state index in [4.69, 9.17) is 4.74 Å². The second-order valence-corrected chi connectivity index (χ2v) is 8.69. The van der Waals surface area contributed by atoms with Crippen molar-refractivity contribution in [3.63, 3.8) is 0 Å². The molecule has 0 aromatic heterocycles. The van der Waals surface area contributed by atoms with E-state index in [-0.39, 0.29) is 23.7 Å². The number of carbonyl (C=O) groups is 2. The summed E-state index contributed by atoms with van der Waals surface area (Å²) in [4.78, 5) is 27.2. The minimum Gasteiger partial charge on any atom is -0.449 e. The third-order valence-electron chi connectivity index (χ3n) is 4.08. The number of para-hydroxylation sites is 1. The number of nitrogens with zero attached hydrogens (tertiary/aromatic N) is 2. The Morgan fingerprint density at radius 3 is 2.79 bits per heavy atom. The van der Waals surface area contributed by atoms with E-state index in [0.717, 1.165) is 4.90 Å². The maximum atomic E-state index is 12.4. The van der Waals surface area contributed by atoms with Crippen molar-refractivity contribution in [2.75, 3.05) is 23.9 Å². The molecule has 0 unspecified atom stereocenters. The molecule has 0 aliphatic carbocycles. The van der Waals surface area contributed by atoms with Gasteiger partial charge in [-0.25, -0.2) is 13.2 Å². The molecule has 0 spiro atoms. The van der Waals surface area contributed by atoms with Crippen LogP contribution in [-0.2, 0) is 24.3 Å². The molecule has 1 amide bonds. The molecule has 0 radical (unpaired) electrons. The van der Waals surface area contributed by atoms with E-state index in [1.54, 1.807) is 11.0 Å². The van der Waals surface area contributed by atoms with Crippen LogP contribution in [0.3, 0.4) is 0 Å². The van der Waals surface area contributed by atoms with Gasteiger partial charge in [0, 0.05) is 17.6 Å². The quantitative estimate of drug-likeness (QED) is 0.571. The molecular weight excluding hydrogens is 402 g/mol. The highest BCUT2D eigenvalue weighted by atomic mass is 32.2. The predicted octanol–water partition coefficient (Wildman–Crippen LogP) is 1.78. The van der Waals surface area contributed by atoms with Crippen LogP contribution in [-0.4, -0.2) is 55.7 Å². The van der Waals surface area contributed by atoms with Crippen LogP contribution in [0.4, 0.5) is 5.69 Å². The zero-order valence-corrected chi connectivity index (χ0v) is 16.9. The number of nitrogens with one attached hydrogen (secondary N) is 1. The lowest BCUT2D eigenvalue weighted by atomic mass is 10.2. The first-order valence-electron chi connectivity index (χ1n) is 8.43. The smallest absolute Gasteiger partial charge is 0.340 e. The fraction of sp³-hybridized carbons (Fsp3) is 0.278. The fourth-order valence-corrected chi connectivity index (χ4v) is 4.11. The Morgan fingerprint density at radius 1 is 1.29 bits per heavy atom. The van der Waals surface area contributed by atoms with Crippen molar-refractivity contribution in [3.05, 3.63) is 48.2 Å². The lowest BCUT2D eigenvalue weighted by Crippen LogP contribution is -2.37. The Bertz CT molecular complexity index is 998. The Morgan fingerprint density at radius 2 is 2.04 bits per heavy atom. The zero-order valence-electron chi connectivity index (χ0n) is 15.3. The lowest BCUT2D eigenvalue weighted by Gasteiger charge is -2.27. The number of amides is 1. The molecule has 8 nitrogen and oxygen atoms in total. The molecule has 1 aromatic rings. The SMILES string of the molecule is CSc1ccccc1NC(=O)[C@@H](C)OC(=O)C1=CN2CCS(=O)(=O)N=C2C=C1. The van der Waals surface area contributed by atoms with E-state index >= 15 is 0 Å². The number of hydrogen-bond acceptors (Lipinski definition) is 7. The molecule has 0 saturated heterocycles. The first kappa shape index (κ1) is 20.2. The number of benzene rings is 1. The number of fused-ring (bicyclic) bond motifs is 1. The minimum atomic E-state index is -3.46. The number of amidine groups is 1. The van der Waals surface area contributed by atoms with Gasteiger partial charge in [-0.05, 0) is 37.5 Å². The van der Waals surface area contributed by atoms with Crippen molar-refractivity contribution in [3.8, 4) is 0 Å². The molecule has 3 rings (SSSR count). The molecule has 148 valence electrons. The number of carbonyl (C=O) groups excluding carboxylic acids is 2. The van der Waals surface area contributed by atoms with Crippen LogP contribution in [0.15, 0.2) is 57.5 Å². The Kier molecular flexibility index (Phi) is 5.90. The molecule has 1 N–H and O–H groups in total. The van der Waals surface area contributed by atoms with Gasteiger partial charge in [-0.3, -0.25) is 4.79 Å². The third kappa shape index (κ3) is 4.63. The average molecular weight is 422 g/mol. The number of anilines is 1. The molecule has 0 bridgehead atoms. The van der Waals surface area contributed by atoms with Crippen molar-refractivity contribution < 1.29 is 22.7 Å². The number of hydrogen-bond donors (Lipinski definition) is 1. The first-order valence-corrected chi connectivity index (χ1v) is 11.3. The number of sulfonamides is 1. The maximum absolute atomic E-state index is 12.4. The van der Waals surface area contributed by atoms with Gasteiger partial charge >= 0.3 is 5.97 Å². The van der Waals surface area contributed by atoms with E-state index in [2.05, 4.69) is 9.71 Å². The largest absolute Gasteiger partial charge is 0.449 e. The summed E-state index contributed by atoms with van der Waals surface area (Å²) in [6, 6.07) is 7.33. The van der Waals surface area contributed by atoms with Gasteiger partial charge in [0.05, 0.1) is 17.0 Å². The summed E-state index contributed by atoms with van der Waals surface area (Å²) in [6.45, 7) is 1.69. The van der Waals surface area contributed by atoms with Crippen LogP contribution in [0.25, 0.3) is 0 Å². The van der Waals surface area contributed by atoms with Crippen LogP contribution >= 0.6 is 11.8 Å². The van der Waals surface area contributed by atoms with E-state index in [1.165, 1.54) is 37.0 Å². The van der Waals surface area contributed by atoms with Gasteiger partial charge in [-0.15, -0.1) is 16.2 Å². The van der Waals surface area contributed by atoms with Crippen LogP contribution in [0.2, 0.25) is 0 Å². The van der Waals surface area contributed by atoms with Gasteiger partial charge < -0.3 is 15.0 Å². The summed E-state index contributed by atoms with van der Waals surface area (Å²) < 4.78 is 32.0. The normalized spacial score (nSPS) is 18.4. The molecule has 0 saturated carbocycles. The van der Waals surface area contributed by atoms with Crippen molar-refractivity contribution in [2.24, 2.45) is 4.40 Å². The number of thioether (sulfide) groups is 1. The molecule has 2 aliphatic rings.